The van der Waals surface area contributed by atoms with Gasteiger partial charge in [-0.3, -0.25) is 9.59 Å². The minimum atomic E-state index is -0.250. The quantitative estimate of drug-likeness (QED) is 0.368. The molecule has 0 heterocycles. The molecule has 0 aromatic carbocycles. The van der Waals surface area contributed by atoms with Gasteiger partial charge in [0.05, 0.1) is 0 Å². The maximum absolute atomic E-state index is 8.36. The highest BCUT2D eigenvalue weighted by atomic mass is 16.3. The molecule has 0 unspecified atom stereocenters. The molecule has 0 aliphatic carbocycles. The Morgan fingerprint density at radius 1 is 0.786 bits per heavy atom. The average Bonchev–Trinajstić information content (AvgIpc) is 2.15. The van der Waals surface area contributed by atoms with E-state index in [9.17, 15) is 0 Å². The van der Waals surface area contributed by atoms with Gasteiger partial charge in [0.1, 0.15) is 0 Å². The zero-order valence-electron chi connectivity index (χ0n) is 8.26. The zero-order chi connectivity index (χ0) is 11.7. The van der Waals surface area contributed by atoms with E-state index in [4.69, 9.17) is 31.3 Å². The maximum atomic E-state index is 8.36. The summed E-state index contributed by atoms with van der Waals surface area (Å²) in [6.45, 7) is 1.15. The van der Waals surface area contributed by atoms with Gasteiger partial charge in [0.15, 0.2) is 0 Å². The first-order valence-corrected chi connectivity index (χ1v) is 4.30. The Morgan fingerprint density at radius 3 is 1.14 bits per heavy atom. The molecule has 86 valence electrons. The maximum Gasteiger partial charge on any atom is 0.290 e. The Labute approximate surface area is 83.9 Å². The van der Waals surface area contributed by atoms with Gasteiger partial charge in [-0.15, -0.1) is 0 Å². The first-order chi connectivity index (χ1) is 6.74. The number of carbonyl (C=O) groups is 2. The van der Waals surface area contributed by atoms with Crippen LogP contribution < -0.4 is 11.5 Å². The van der Waals surface area contributed by atoms with E-state index < -0.39 is 0 Å². The van der Waals surface area contributed by atoms with Crippen molar-refractivity contribution in [2.75, 3.05) is 13.1 Å². The first-order valence-electron chi connectivity index (χ1n) is 4.30. The van der Waals surface area contributed by atoms with Crippen LogP contribution in [0.5, 0.6) is 0 Å². The molecule has 0 aliphatic heterocycles. The first kappa shape index (κ1) is 18.6. The highest BCUT2D eigenvalue weighted by Gasteiger charge is 1.83. The fourth-order valence-electron chi connectivity index (χ4n) is 0.642. The summed E-state index contributed by atoms with van der Waals surface area (Å²) in [6.07, 6.45) is 4.79. The van der Waals surface area contributed by atoms with Crippen LogP contribution in [-0.2, 0) is 9.59 Å². The summed E-state index contributed by atoms with van der Waals surface area (Å²) in [4.78, 5) is 16.7. The third-order valence-electron chi connectivity index (χ3n) is 1.16. The molecule has 0 radical (unpaired) electrons. The monoisotopic (exact) mass is 208 g/mol. The van der Waals surface area contributed by atoms with E-state index in [1.807, 2.05) is 0 Å². The van der Waals surface area contributed by atoms with Crippen molar-refractivity contribution >= 4 is 12.9 Å². The molecule has 0 spiro atoms. The topological polar surface area (TPSA) is 127 Å². The fraction of sp³-hybridized carbons (Fsp3) is 0.750. The summed E-state index contributed by atoms with van der Waals surface area (Å²) in [5.41, 5.74) is 10.6. The molecule has 0 fully saturated rings. The lowest BCUT2D eigenvalue weighted by atomic mass is 10.2. The van der Waals surface area contributed by atoms with E-state index in [1.165, 1.54) is 12.8 Å². The van der Waals surface area contributed by atoms with E-state index in [-0.39, 0.29) is 12.9 Å². The third kappa shape index (κ3) is 70.9. The molecule has 6 heteroatoms. The summed E-state index contributed by atoms with van der Waals surface area (Å²) in [5, 5.41) is 13.8. The molecule has 0 saturated heterocycles. The van der Waals surface area contributed by atoms with Crippen LogP contribution in [0.3, 0.4) is 0 Å². The highest BCUT2D eigenvalue weighted by Crippen LogP contribution is 1.95. The Bertz CT molecular complexity index is 89.3. The molecule has 0 aromatic rings. The standard InChI is InChI=1S/C6H16N2.2CH2O2/c7-5-3-1-2-4-6-8;2*2-1-3/h1-8H2;2*1H,(H,2,3). The van der Waals surface area contributed by atoms with E-state index >= 15 is 0 Å². The van der Waals surface area contributed by atoms with Crippen molar-refractivity contribution in [1.29, 1.82) is 0 Å². The van der Waals surface area contributed by atoms with Crippen LogP contribution >= 0.6 is 0 Å². The van der Waals surface area contributed by atoms with Crippen LogP contribution in [-0.4, -0.2) is 36.2 Å². The van der Waals surface area contributed by atoms with Crippen molar-refractivity contribution in [3.05, 3.63) is 0 Å². The van der Waals surface area contributed by atoms with Gasteiger partial charge >= 0.3 is 0 Å². The molecule has 6 N–H and O–H groups in total. The molecule has 0 bridgehead atoms. The number of hydrogen-bond acceptors (Lipinski definition) is 4. The predicted octanol–water partition coefficient (Wildman–Crippen LogP) is -0.134. The smallest absolute Gasteiger partial charge is 0.290 e. The molecule has 6 nitrogen and oxygen atoms in total. The van der Waals surface area contributed by atoms with E-state index in [0.717, 1.165) is 25.9 Å². The Hall–Kier alpha value is -1.14. The van der Waals surface area contributed by atoms with Gasteiger partial charge in [-0.25, -0.2) is 0 Å². The van der Waals surface area contributed by atoms with Crippen molar-refractivity contribution in [2.24, 2.45) is 11.5 Å². The lowest BCUT2D eigenvalue weighted by Gasteiger charge is -1.94. The van der Waals surface area contributed by atoms with Gasteiger partial charge < -0.3 is 21.7 Å². The second-order valence-corrected chi connectivity index (χ2v) is 2.20. The number of nitrogens with two attached hydrogens (primary N) is 2. The molecule has 0 saturated carbocycles. The number of carboxylic acid groups (broad SMARTS) is 2. The molecule has 0 amide bonds. The van der Waals surface area contributed by atoms with Gasteiger partial charge in [-0.2, -0.15) is 0 Å². The second-order valence-electron chi connectivity index (χ2n) is 2.20. The van der Waals surface area contributed by atoms with Crippen molar-refractivity contribution in [1.82, 2.24) is 0 Å². The SMILES string of the molecule is NCCCCCCN.O=CO.O=CO. The summed E-state index contributed by atoms with van der Waals surface area (Å²) >= 11 is 0. The summed E-state index contributed by atoms with van der Waals surface area (Å²) in [7, 11) is 0. The van der Waals surface area contributed by atoms with Crippen molar-refractivity contribution in [3.8, 4) is 0 Å². The van der Waals surface area contributed by atoms with Crippen LogP contribution in [0.25, 0.3) is 0 Å². The second kappa shape index (κ2) is 29.7. The average molecular weight is 208 g/mol. The van der Waals surface area contributed by atoms with Gasteiger partial charge in [0.2, 0.25) is 0 Å². The molecular formula is C8H20N2O4. The van der Waals surface area contributed by atoms with Crippen LogP contribution in [0.15, 0.2) is 0 Å². The predicted molar refractivity (Wildman–Crippen MR) is 54.0 cm³/mol. The fourth-order valence-corrected chi connectivity index (χ4v) is 0.642. The number of hydrogen-bond donors (Lipinski definition) is 4. The van der Waals surface area contributed by atoms with Crippen LogP contribution in [0.1, 0.15) is 25.7 Å². The number of unbranched alkanes of at least 4 members (excludes halogenated alkanes) is 3. The molecular weight excluding hydrogens is 188 g/mol. The summed E-state index contributed by atoms with van der Waals surface area (Å²) in [5.74, 6) is 0. The van der Waals surface area contributed by atoms with Crippen molar-refractivity contribution in [2.45, 2.75) is 25.7 Å². The minimum absolute atomic E-state index is 0.250. The lowest BCUT2D eigenvalue weighted by Crippen LogP contribution is -2.00. The zero-order valence-corrected chi connectivity index (χ0v) is 8.26. The van der Waals surface area contributed by atoms with Gasteiger partial charge in [0.25, 0.3) is 12.9 Å². The molecule has 0 aliphatic rings. The van der Waals surface area contributed by atoms with Crippen molar-refractivity contribution in [3.63, 3.8) is 0 Å². The van der Waals surface area contributed by atoms with Gasteiger partial charge in [0, 0.05) is 0 Å². The molecule has 0 rings (SSSR count). The van der Waals surface area contributed by atoms with E-state index in [2.05, 4.69) is 0 Å². The summed E-state index contributed by atoms with van der Waals surface area (Å²) < 4.78 is 0. The Morgan fingerprint density at radius 2 is 1.00 bits per heavy atom. The van der Waals surface area contributed by atoms with Gasteiger partial charge in [-0.1, -0.05) is 12.8 Å². The minimum Gasteiger partial charge on any atom is -0.483 e. The van der Waals surface area contributed by atoms with Crippen LogP contribution in [0, 0.1) is 0 Å². The Kier molecular flexibility index (Phi) is 39.5. The van der Waals surface area contributed by atoms with E-state index in [1.54, 1.807) is 0 Å². The molecule has 0 aromatic heterocycles. The van der Waals surface area contributed by atoms with E-state index in [0.29, 0.717) is 0 Å². The normalized spacial score (nSPS) is 7.29. The van der Waals surface area contributed by atoms with Crippen LogP contribution in [0.2, 0.25) is 0 Å². The third-order valence-corrected chi connectivity index (χ3v) is 1.16. The number of rotatable bonds is 5. The highest BCUT2D eigenvalue weighted by molar-refractivity contribution is 5.32. The summed E-state index contributed by atoms with van der Waals surface area (Å²) in [6, 6.07) is 0. The molecule has 14 heavy (non-hydrogen) atoms. The Balaban J connectivity index is -0.000000168. The van der Waals surface area contributed by atoms with Gasteiger partial charge in [-0.05, 0) is 25.9 Å². The van der Waals surface area contributed by atoms with Crippen molar-refractivity contribution < 1.29 is 19.8 Å². The largest absolute Gasteiger partial charge is 0.483 e. The molecule has 0 atom stereocenters. The lowest BCUT2D eigenvalue weighted by molar-refractivity contribution is -0.123. The van der Waals surface area contributed by atoms with Crippen LogP contribution in [0.4, 0.5) is 0 Å².